The average Bonchev–Trinajstić information content (AvgIpc) is 3.20. The number of benzene rings is 3. The van der Waals surface area contributed by atoms with E-state index in [1.807, 2.05) is 6.07 Å². The first-order valence-corrected chi connectivity index (χ1v) is 9.21. The van der Waals surface area contributed by atoms with E-state index in [1.165, 1.54) is 41.2 Å². The molecule has 1 aromatic heterocycles. The summed E-state index contributed by atoms with van der Waals surface area (Å²) in [7, 11) is 0. The smallest absolute Gasteiger partial charge is 0.322 e. The molecule has 0 aliphatic rings. The summed E-state index contributed by atoms with van der Waals surface area (Å²) in [5.41, 5.74) is 0.784. The zero-order valence-electron chi connectivity index (χ0n) is 15.9. The number of hydrogen-bond acceptors (Lipinski definition) is 2. The van der Waals surface area contributed by atoms with Gasteiger partial charge in [-0.25, -0.2) is 9.07 Å². The van der Waals surface area contributed by atoms with Crippen molar-refractivity contribution in [2.24, 2.45) is 0 Å². The van der Waals surface area contributed by atoms with E-state index in [-0.39, 0.29) is 16.9 Å². The van der Waals surface area contributed by atoms with Crippen molar-refractivity contribution in [2.45, 2.75) is 6.18 Å². The molecule has 0 radical (unpaired) electrons. The first-order valence-electron chi connectivity index (χ1n) is 9.21. The molecule has 0 saturated heterocycles. The van der Waals surface area contributed by atoms with Gasteiger partial charge in [0.1, 0.15) is 11.5 Å². The molecule has 0 bridgehead atoms. The zero-order chi connectivity index (χ0) is 22.0. The van der Waals surface area contributed by atoms with Gasteiger partial charge in [-0.1, -0.05) is 36.4 Å². The fourth-order valence-electron chi connectivity index (χ4n) is 3.05. The number of amides is 1. The highest BCUT2D eigenvalue weighted by Crippen LogP contribution is 2.32. The molecule has 0 aliphatic heterocycles. The minimum Gasteiger partial charge on any atom is -0.322 e. The Labute approximate surface area is 174 Å². The lowest BCUT2D eigenvalue weighted by Gasteiger charge is -2.08. The summed E-state index contributed by atoms with van der Waals surface area (Å²) in [6, 6.07) is 18.7. The number of carbonyl (C=O) groups excluding carboxylic acids is 1. The van der Waals surface area contributed by atoms with Crippen LogP contribution in [0.5, 0.6) is 0 Å². The van der Waals surface area contributed by atoms with Gasteiger partial charge in [0.2, 0.25) is 0 Å². The normalized spacial score (nSPS) is 11.4. The number of rotatable bonds is 4. The van der Waals surface area contributed by atoms with Crippen molar-refractivity contribution in [3.8, 4) is 16.9 Å². The Balaban J connectivity index is 1.76. The van der Waals surface area contributed by atoms with Crippen LogP contribution in [0.2, 0.25) is 0 Å². The molecular formula is C23H15F4N3O. The first kappa shape index (κ1) is 20.3. The number of hydrogen-bond donors (Lipinski definition) is 1. The van der Waals surface area contributed by atoms with Crippen LogP contribution in [-0.4, -0.2) is 15.7 Å². The van der Waals surface area contributed by atoms with Crippen LogP contribution in [0.4, 0.5) is 23.2 Å². The molecule has 31 heavy (non-hydrogen) atoms. The third-order valence-electron chi connectivity index (χ3n) is 4.55. The van der Waals surface area contributed by atoms with Gasteiger partial charge >= 0.3 is 6.18 Å². The molecule has 4 rings (SSSR count). The highest BCUT2D eigenvalue weighted by Gasteiger charge is 2.30. The van der Waals surface area contributed by atoms with Crippen molar-refractivity contribution in [1.29, 1.82) is 0 Å². The number of para-hydroxylation sites is 1. The summed E-state index contributed by atoms with van der Waals surface area (Å²) >= 11 is 0. The van der Waals surface area contributed by atoms with Gasteiger partial charge < -0.3 is 5.32 Å². The molecule has 3 aromatic carbocycles. The Morgan fingerprint density at radius 1 is 0.903 bits per heavy atom. The molecule has 0 spiro atoms. The maximum atomic E-state index is 13.5. The predicted octanol–water partition coefficient (Wildman–Crippen LogP) is 5.95. The second-order valence-corrected chi connectivity index (χ2v) is 6.71. The molecule has 1 amide bonds. The number of carbonyl (C=O) groups is 1. The van der Waals surface area contributed by atoms with Crippen LogP contribution in [0.25, 0.3) is 16.9 Å². The van der Waals surface area contributed by atoms with E-state index >= 15 is 0 Å². The number of aromatic nitrogens is 2. The molecule has 0 saturated carbocycles. The van der Waals surface area contributed by atoms with Gasteiger partial charge in [-0.05, 0) is 42.5 Å². The quantitative estimate of drug-likeness (QED) is 0.411. The van der Waals surface area contributed by atoms with E-state index in [2.05, 4.69) is 10.4 Å². The predicted molar refractivity (Wildman–Crippen MR) is 108 cm³/mol. The number of anilines is 1. The first-order chi connectivity index (χ1) is 14.8. The second-order valence-electron chi connectivity index (χ2n) is 6.71. The Bertz CT molecular complexity index is 1220. The van der Waals surface area contributed by atoms with Crippen molar-refractivity contribution < 1.29 is 22.4 Å². The fraction of sp³-hybridized carbons (Fsp3) is 0.0435. The number of nitrogens with one attached hydrogen (secondary N) is 1. The van der Waals surface area contributed by atoms with Crippen LogP contribution in [0.3, 0.4) is 0 Å². The molecule has 0 aliphatic carbocycles. The van der Waals surface area contributed by atoms with E-state index in [4.69, 9.17) is 0 Å². The van der Waals surface area contributed by atoms with Crippen molar-refractivity contribution >= 4 is 11.6 Å². The van der Waals surface area contributed by atoms with Gasteiger partial charge in [-0.2, -0.15) is 18.3 Å². The lowest BCUT2D eigenvalue weighted by molar-refractivity contribution is -0.137. The molecule has 1 N–H and O–H groups in total. The SMILES string of the molecule is O=C(Nc1cccc(F)c1)c1cn(-c2ccccc2)nc1-c1ccc(C(F)(F)F)cc1. The topological polar surface area (TPSA) is 46.9 Å². The highest BCUT2D eigenvalue weighted by atomic mass is 19.4. The largest absolute Gasteiger partial charge is 0.416 e. The van der Waals surface area contributed by atoms with Crippen molar-refractivity contribution in [3.05, 3.63) is 102 Å². The maximum absolute atomic E-state index is 13.5. The summed E-state index contributed by atoms with van der Waals surface area (Å²) < 4.78 is 53.7. The average molecular weight is 425 g/mol. The Morgan fingerprint density at radius 3 is 2.26 bits per heavy atom. The van der Waals surface area contributed by atoms with Gasteiger partial charge in [0.15, 0.2) is 0 Å². The lowest BCUT2D eigenvalue weighted by atomic mass is 10.1. The van der Waals surface area contributed by atoms with E-state index in [9.17, 15) is 22.4 Å². The molecule has 4 nitrogen and oxygen atoms in total. The summed E-state index contributed by atoms with van der Waals surface area (Å²) in [6.07, 6.45) is -2.99. The third-order valence-corrected chi connectivity index (χ3v) is 4.55. The van der Waals surface area contributed by atoms with E-state index in [0.717, 1.165) is 18.2 Å². The minimum atomic E-state index is -4.47. The van der Waals surface area contributed by atoms with Gasteiger partial charge in [0.05, 0.1) is 16.8 Å². The maximum Gasteiger partial charge on any atom is 0.416 e. The molecule has 156 valence electrons. The van der Waals surface area contributed by atoms with Crippen LogP contribution in [-0.2, 0) is 6.18 Å². The second kappa shape index (κ2) is 8.06. The number of alkyl halides is 3. The standard InChI is InChI=1S/C23H15F4N3O/c24-17-5-4-6-18(13-17)28-22(31)20-14-30(19-7-2-1-3-8-19)29-21(20)15-9-11-16(12-10-15)23(25,26)27/h1-14H,(H,28,31). The molecule has 4 aromatic rings. The van der Waals surface area contributed by atoms with Crippen molar-refractivity contribution in [3.63, 3.8) is 0 Å². The fourth-order valence-corrected chi connectivity index (χ4v) is 3.05. The molecule has 0 fully saturated rings. The zero-order valence-corrected chi connectivity index (χ0v) is 15.9. The van der Waals surface area contributed by atoms with E-state index in [1.54, 1.807) is 24.3 Å². The van der Waals surface area contributed by atoms with Crippen molar-refractivity contribution in [1.82, 2.24) is 9.78 Å². The van der Waals surface area contributed by atoms with Crippen LogP contribution in [0, 0.1) is 5.82 Å². The molecule has 1 heterocycles. The van der Waals surface area contributed by atoms with Crippen molar-refractivity contribution in [2.75, 3.05) is 5.32 Å². The third kappa shape index (κ3) is 4.48. The number of halogens is 4. The van der Waals surface area contributed by atoms with Crippen LogP contribution in [0.1, 0.15) is 15.9 Å². The highest BCUT2D eigenvalue weighted by molar-refractivity contribution is 6.08. The molecular weight excluding hydrogens is 410 g/mol. The Kier molecular flexibility index (Phi) is 5.29. The van der Waals surface area contributed by atoms with Gasteiger partial charge in [0.25, 0.3) is 5.91 Å². The Hall–Kier alpha value is -3.94. The molecule has 8 heteroatoms. The monoisotopic (exact) mass is 425 g/mol. The Morgan fingerprint density at radius 2 is 1.61 bits per heavy atom. The minimum absolute atomic E-state index is 0.132. The van der Waals surface area contributed by atoms with Gasteiger partial charge in [-0.15, -0.1) is 0 Å². The van der Waals surface area contributed by atoms with Crippen LogP contribution in [0.15, 0.2) is 85.1 Å². The lowest BCUT2D eigenvalue weighted by Crippen LogP contribution is -2.12. The van der Waals surface area contributed by atoms with Gasteiger partial charge in [-0.3, -0.25) is 4.79 Å². The summed E-state index contributed by atoms with van der Waals surface area (Å²) in [5.74, 6) is -1.08. The van der Waals surface area contributed by atoms with E-state index < -0.39 is 23.5 Å². The molecule has 0 atom stereocenters. The van der Waals surface area contributed by atoms with Crippen LogP contribution >= 0.6 is 0 Å². The van der Waals surface area contributed by atoms with Gasteiger partial charge in [0, 0.05) is 17.4 Å². The summed E-state index contributed by atoms with van der Waals surface area (Å²) in [6.45, 7) is 0. The summed E-state index contributed by atoms with van der Waals surface area (Å²) in [5, 5.41) is 7.02. The molecule has 0 unspecified atom stereocenters. The van der Waals surface area contributed by atoms with E-state index in [0.29, 0.717) is 11.3 Å². The van der Waals surface area contributed by atoms with Crippen LogP contribution < -0.4 is 5.32 Å². The summed E-state index contributed by atoms with van der Waals surface area (Å²) in [4.78, 5) is 12.9. The number of nitrogens with zero attached hydrogens (tertiary/aromatic N) is 2.